The summed E-state index contributed by atoms with van der Waals surface area (Å²) in [6.07, 6.45) is 2.68. The SMILES string of the molecule is CC[C@H](C)Oc1c(Cl)cc(/C=C2\SC(=Nc3ccccc3)N(CC)C2=O)cc1OC. The first-order valence-corrected chi connectivity index (χ1v) is 11.1. The van der Waals surface area contributed by atoms with Gasteiger partial charge >= 0.3 is 0 Å². The molecular weight excluding hydrogens is 420 g/mol. The first-order valence-electron chi connectivity index (χ1n) is 9.86. The van der Waals surface area contributed by atoms with E-state index in [1.165, 1.54) is 11.8 Å². The third-order valence-corrected chi connectivity index (χ3v) is 5.92. The van der Waals surface area contributed by atoms with Crippen LogP contribution in [0.2, 0.25) is 5.02 Å². The molecule has 2 aromatic carbocycles. The molecule has 1 amide bonds. The largest absolute Gasteiger partial charge is 0.493 e. The highest BCUT2D eigenvalue weighted by atomic mass is 35.5. The van der Waals surface area contributed by atoms with Gasteiger partial charge in [0.1, 0.15) is 0 Å². The molecule has 5 nitrogen and oxygen atoms in total. The maximum Gasteiger partial charge on any atom is 0.266 e. The lowest BCUT2D eigenvalue weighted by atomic mass is 10.1. The fourth-order valence-electron chi connectivity index (χ4n) is 2.86. The summed E-state index contributed by atoms with van der Waals surface area (Å²) in [4.78, 5) is 19.8. The lowest BCUT2D eigenvalue weighted by Crippen LogP contribution is -2.28. The number of carbonyl (C=O) groups is 1. The maximum absolute atomic E-state index is 12.9. The number of benzene rings is 2. The number of hydrogen-bond acceptors (Lipinski definition) is 5. The molecule has 1 saturated heterocycles. The lowest BCUT2D eigenvalue weighted by Gasteiger charge is -2.17. The summed E-state index contributed by atoms with van der Waals surface area (Å²) in [5.74, 6) is 0.977. The van der Waals surface area contributed by atoms with Gasteiger partial charge in [0.15, 0.2) is 16.7 Å². The Morgan fingerprint density at radius 2 is 1.97 bits per heavy atom. The molecule has 7 heteroatoms. The number of halogens is 1. The smallest absolute Gasteiger partial charge is 0.266 e. The number of hydrogen-bond donors (Lipinski definition) is 0. The van der Waals surface area contributed by atoms with Gasteiger partial charge in [-0.05, 0) is 67.9 Å². The van der Waals surface area contributed by atoms with E-state index in [2.05, 4.69) is 4.99 Å². The minimum Gasteiger partial charge on any atom is -0.493 e. The quantitative estimate of drug-likeness (QED) is 0.480. The average Bonchev–Trinajstić information content (AvgIpc) is 3.04. The van der Waals surface area contributed by atoms with Crippen molar-refractivity contribution in [3.8, 4) is 11.5 Å². The van der Waals surface area contributed by atoms with Crippen LogP contribution in [0.4, 0.5) is 5.69 Å². The number of nitrogens with zero attached hydrogens (tertiary/aromatic N) is 2. The van der Waals surface area contributed by atoms with Crippen molar-refractivity contribution in [3.05, 3.63) is 58.0 Å². The standard InChI is InChI=1S/C23H25ClN2O3S/c1-5-15(3)29-21-18(24)12-16(13-19(21)28-4)14-20-22(27)26(6-2)23(30-20)25-17-10-8-7-9-11-17/h7-15H,5-6H2,1-4H3/b20-14-,25-23?/t15-/m0/s1. The predicted molar refractivity (Wildman–Crippen MR) is 125 cm³/mol. The summed E-state index contributed by atoms with van der Waals surface area (Å²) in [6, 6.07) is 13.2. The number of ether oxygens (including phenoxy) is 2. The van der Waals surface area contributed by atoms with Crippen molar-refractivity contribution in [2.24, 2.45) is 4.99 Å². The summed E-state index contributed by atoms with van der Waals surface area (Å²) in [7, 11) is 1.57. The molecule has 0 spiro atoms. The Labute approximate surface area is 186 Å². The van der Waals surface area contributed by atoms with E-state index in [9.17, 15) is 4.79 Å². The number of para-hydroxylation sites is 1. The maximum atomic E-state index is 12.9. The van der Waals surface area contributed by atoms with E-state index in [1.807, 2.05) is 63.2 Å². The van der Waals surface area contributed by atoms with Gasteiger partial charge in [0, 0.05) is 6.54 Å². The zero-order chi connectivity index (χ0) is 21.7. The van der Waals surface area contributed by atoms with Crippen LogP contribution in [0.25, 0.3) is 6.08 Å². The highest BCUT2D eigenvalue weighted by Crippen LogP contribution is 2.40. The minimum absolute atomic E-state index is 0.0161. The Morgan fingerprint density at radius 3 is 2.60 bits per heavy atom. The van der Waals surface area contributed by atoms with Crippen molar-refractivity contribution < 1.29 is 14.3 Å². The van der Waals surface area contributed by atoms with E-state index in [1.54, 1.807) is 18.1 Å². The second kappa shape index (κ2) is 10.0. The molecule has 30 heavy (non-hydrogen) atoms. The molecule has 1 fully saturated rings. The molecule has 0 saturated carbocycles. The van der Waals surface area contributed by atoms with Gasteiger partial charge in [-0.2, -0.15) is 0 Å². The van der Waals surface area contributed by atoms with Crippen LogP contribution in [0.1, 0.15) is 32.8 Å². The number of thioether (sulfide) groups is 1. The number of carbonyl (C=O) groups excluding carboxylic acids is 1. The summed E-state index contributed by atoms with van der Waals surface area (Å²) in [5.41, 5.74) is 1.57. The zero-order valence-electron chi connectivity index (χ0n) is 17.5. The second-order valence-corrected chi connectivity index (χ2v) is 8.18. The van der Waals surface area contributed by atoms with Gasteiger partial charge < -0.3 is 9.47 Å². The molecule has 1 heterocycles. The van der Waals surface area contributed by atoms with E-state index in [0.29, 0.717) is 33.1 Å². The Balaban J connectivity index is 1.93. The van der Waals surface area contributed by atoms with E-state index >= 15 is 0 Å². The zero-order valence-corrected chi connectivity index (χ0v) is 19.1. The molecule has 2 aromatic rings. The third kappa shape index (κ3) is 4.99. The fraction of sp³-hybridized carbons (Fsp3) is 0.304. The van der Waals surface area contributed by atoms with Crippen molar-refractivity contribution in [2.75, 3.05) is 13.7 Å². The van der Waals surface area contributed by atoms with Crippen LogP contribution < -0.4 is 9.47 Å². The predicted octanol–water partition coefficient (Wildman–Crippen LogP) is 6.15. The molecule has 1 aliphatic heterocycles. The summed E-state index contributed by atoms with van der Waals surface area (Å²) >= 11 is 7.82. The Bertz CT molecular complexity index is 976. The number of likely N-dealkylation sites (N-methyl/N-ethyl adjacent to an activating group) is 1. The van der Waals surface area contributed by atoms with Crippen molar-refractivity contribution in [1.82, 2.24) is 4.90 Å². The molecule has 0 radical (unpaired) electrons. The normalized spacial score (nSPS) is 17.6. The topological polar surface area (TPSA) is 51.1 Å². The van der Waals surface area contributed by atoms with Crippen LogP contribution >= 0.6 is 23.4 Å². The van der Waals surface area contributed by atoms with Crippen molar-refractivity contribution in [2.45, 2.75) is 33.3 Å². The van der Waals surface area contributed by atoms with Gasteiger partial charge in [-0.3, -0.25) is 9.69 Å². The lowest BCUT2D eigenvalue weighted by molar-refractivity contribution is -0.122. The highest BCUT2D eigenvalue weighted by molar-refractivity contribution is 8.18. The monoisotopic (exact) mass is 444 g/mol. The second-order valence-electron chi connectivity index (χ2n) is 6.76. The van der Waals surface area contributed by atoms with Gasteiger partial charge in [-0.25, -0.2) is 4.99 Å². The van der Waals surface area contributed by atoms with E-state index in [0.717, 1.165) is 17.7 Å². The number of methoxy groups -OCH3 is 1. The average molecular weight is 445 g/mol. The van der Waals surface area contributed by atoms with Crippen LogP contribution in [0.5, 0.6) is 11.5 Å². The van der Waals surface area contributed by atoms with Crippen molar-refractivity contribution in [1.29, 1.82) is 0 Å². The van der Waals surface area contributed by atoms with E-state index in [4.69, 9.17) is 21.1 Å². The number of rotatable bonds is 7. The van der Waals surface area contributed by atoms with E-state index < -0.39 is 0 Å². The van der Waals surface area contributed by atoms with Gasteiger partial charge in [-0.15, -0.1) is 0 Å². The number of amides is 1. The fourth-order valence-corrected chi connectivity index (χ4v) is 4.18. The Morgan fingerprint density at radius 1 is 1.23 bits per heavy atom. The minimum atomic E-state index is -0.0767. The molecule has 0 aromatic heterocycles. The molecule has 0 N–H and O–H groups in total. The Kier molecular flexibility index (Phi) is 7.45. The first-order chi connectivity index (χ1) is 14.5. The van der Waals surface area contributed by atoms with Crippen molar-refractivity contribution in [3.63, 3.8) is 0 Å². The number of aliphatic imine (C=N–C) groups is 1. The van der Waals surface area contributed by atoms with Crippen LogP contribution in [0.15, 0.2) is 52.4 Å². The van der Waals surface area contributed by atoms with Crippen LogP contribution in [0.3, 0.4) is 0 Å². The number of amidine groups is 1. The molecular formula is C23H25ClN2O3S. The molecule has 158 valence electrons. The summed E-state index contributed by atoms with van der Waals surface area (Å²) in [6.45, 7) is 6.50. The molecule has 0 bridgehead atoms. The summed E-state index contributed by atoms with van der Waals surface area (Å²) < 4.78 is 11.4. The Hall–Kier alpha value is -2.44. The molecule has 1 atom stereocenters. The van der Waals surface area contributed by atoms with E-state index in [-0.39, 0.29) is 12.0 Å². The van der Waals surface area contributed by atoms with Gasteiger partial charge in [0.25, 0.3) is 5.91 Å². The highest BCUT2D eigenvalue weighted by Gasteiger charge is 2.32. The van der Waals surface area contributed by atoms with Crippen LogP contribution in [-0.2, 0) is 4.79 Å². The molecule has 1 aliphatic rings. The van der Waals surface area contributed by atoms with Gasteiger partial charge in [0.05, 0.1) is 28.8 Å². The molecule has 0 aliphatic carbocycles. The third-order valence-electron chi connectivity index (χ3n) is 4.63. The molecule has 3 rings (SSSR count). The first kappa shape index (κ1) is 22.2. The molecule has 0 unspecified atom stereocenters. The summed E-state index contributed by atoms with van der Waals surface area (Å²) in [5, 5.41) is 1.11. The van der Waals surface area contributed by atoms with Gasteiger partial charge in [-0.1, -0.05) is 36.7 Å². The van der Waals surface area contributed by atoms with Gasteiger partial charge in [0.2, 0.25) is 0 Å². The van der Waals surface area contributed by atoms with Crippen LogP contribution in [-0.4, -0.2) is 35.7 Å². The van der Waals surface area contributed by atoms with Crippen LogP contribution in [0, 0.1) is 0 Å². The van der Waals surface area contributed by atoms with Crippen molar-refractivity contribution >= 4 is 46.2 Å².